The van der Waals surface area contributed by atoms with Crippen molar-refractivity contribution in [2.45, 2.75) is 25.5 Å². The number of methoxy groups -OCH3 is 1. The Bertz CT molecular complexity index is 963. The van der Waals surface area contributed by atoms with Crippen LogP contribution in [-0.2, 0) is 22.6 Å². The van der Waals surface area contributed by atoms with Gasteiger partial charge in [0.05, 0.1) is 18.1 Å². The lowest BCUT2D eigenvalue weighted by molar-refractivity contribution is -0.115. The van der Waals surface area contributed by atoms with Crippen molar-refractivity contribution < 1.29 is 14.4 Å². The number of benzene rings is 2. The van der Waals surface area contributed by atoms with Crippen molar-refractivity contribution in [3.8, 4) is 5.75 Å². The molecule has 2 aromatic carbocycles. The van der Waals surface area contributed by atoms with Crippen LogP contribution < -0.4 is 10.1 Å². The van der Waals surface area contributed by atoms with Crippen LogP contribution in [0.4, 0.5) is 0 Å². The van der Waals surface area contributed by atoms with Crippen molar-refractivity contribution in [1.82, 2.24) is 15.3 Å². The molecule has 2 heterocycles. The van der Waals surface area contributed by atoms with Gasteiger partial charge in [0.15, 0.2) is 0 Å². The van der Waals surface area contributed by atoms with Gasteiger partial charge in [0.2, 0.25) is 0 Å². The number of oxime groups is 1. The molecule has 0 spiro atoms. The van der Waals surface area contributed by atoms with Crippen molar-refractivity contribution >= 4 is 22.7 Å². The number of hydrogen-bond acceptors (Lipinski definition) is 5. The molecule has 0 aliphatic carbocycles. The lowest BCUT2D eigenvalue weighted by atomic mass is 10.1. The third-order valence-corrected chi connectivity index (χ3v) is 4.49. The molecule has 2 N–H and O–H groups in total. The van der Waals surface area contributed by atoms with E-state index < -0.39 is 0 Å². The Hall–Kier alpha value is -3.35. The molecule has 1 aliphatic rings. The quantitative estimate of drug-likeness (QED) is 0.704. The number of aromatic amines is 1. The van der Waals surface area contributed by atoms with Crippen LogP contribution in [0.1, 0.15) is 17.8 Å². The fourth-order valence-electron chi connectivity index (χ4n) is 3.12. The summed E-state index contributed by atoms with van der Waals surface area (Å²) >= 11 is 0. The Balaban J connectivity index is 1.32. The average molecular weight is 364 g/mol. The van der Waals surface area contributed by atoms with E-state index >= 15 is 0 Å². The fourth-order valence-corrected chi connectivity index (χ4v) is 3.12. The zero-order valence-corrected chi connectivity index (χ0v) is 14.9. The van der Waals surface area contributed by atoms with Crippen molar-refractivity contribution in [3.63, 3.8) is 0 Å². The first-order valence-electron chi connectivity index (χ1n) is 8.79. The molecule has 1 amide bonds. The van der Waals surface area contributed by atoms with Crippen molar-refractivity contribution in [2.24, 2.45) is 5.16 Å². The maximum atomic E-state index is 12.4. The van der Waals surface area contributed by atoms with Gasteiger partial charge in [-0.2, -0.15) is 0 Å². The molecule has 3 aromatic rings. The van der Waals surface area contributed by atoms with Crippen LogP contribution in [-0.4, -0.2) is 34.8 Å². The number of carbonyl (C=O) groups excluding carboxylic acids is 1. The van der Waals surface area contributed by atoms with Gasteiger partial charge in [0.25, 0.3) is 5.91 Å². The molecule has 7 nitrogen and oxygen atoms in total. The highest BCUT2D eigenvalue weighted by Gasteiger charge is 2.27. The molecule has 0 fully saturated rings. The molecule has 1 aromatic heterocycles. The van der Waals surface area contributed by atoms with Gasteiger partial charge in [-0.3, -0.25) is 4.79 Å². The van der Waals surface area contributed by atoms with Crippen molar-refractivity contribution in [3.05, 3.63) is 59.9 Å². The number of carbonyl (C=O) groups is 1. The molecule has 1 atom stereocenters. The van der Waals surface area contributed by atoms with E-state index in [1.807, 2.05) is 48.5 Å². The summed E-state index contributed by atoms with van der Waals surface area (Å²) in [5.41, 5.74) is 3.21. The molecule has 0 bridgehead atoms. The summed E-state index contributed by atoms with van der Waals surface area (Å²) in [6, 6.07) is 15.4. The second kappa shape index (κ2) is 7.49. The molecular formula is C20H20N4O3. The molecule has 7 heteroatoms. The third-order valence-electron chi connectivity index (χ3n) is 4.49. The third kappa shape index (κ3) is 3.76. The molecule has 1 aliphatic heterocycles. The number of nitrogens with zero attached hydrogens (tertiary/aromatic N) is 2. The Labute approximate surface area is 156 Å². The SMILES string of the molecule is COc1ccccc1CNC(=O)C1=NO[C@H](Cc2nc3ccccc3[nH]2)C1. The van der Waals surface area contributed by atoms with E-state index in [1.54, 1.807) is 7.11 Å². The number of nitrogens with one attached hydrogen (secondary N) is 2. The summed E-state index contributed by atoms with van der Waals surface area (Å²) in [5, 5.41) is 6.82. The van der Waals surface area contributed by atoms with Crippen LogP contribution in [0.2, 0.25) is 0 Å². The number of amides is 1. The zero-order valence-electron chi connectivity index (χ0n) is 14.9. The number of aromatic nitrogens is 2. The van der Waals surface area contributed by atoms with Gasteiger partial charge in [0.1, 0.15) is 23.4 Å². The summed E-state index contributed by atoms with van der Waals surface area (Å²) in [7, 11) is 1.61. The van der Waals surface area contributed by atoms with E-state index in [2.05, 4.69) is 20.4 Å². The second-order valence-corrected chi connectivity index (χ2v) is 6.37. The van der Waals surface area contributed by atoms with E-state index in [0.717, 1.165) is 28.2 Å². The maximum absolute atomic E-state index is 12.4. The number of H-pyrrole nitrogens is 1. The van der Waals surface area contributed by atoms with Crippen LogP contribution in [0, 0.1) is 0 Å². The second-order valence-electron chi connectivity index (χ2n) is 6.37. The van der Waals surface area contributed by atoms with E-state index in [4.69, 9.17) is 9.57 Å². The molecule has 138 valence electrons. The zero-order chi connectivity index (χ0) is 18.6. The standard InChI is InChI=1S/C20H20N4O3/c1-26-18-9-5-2-6-13(18)12-21-20(25)17-10-14(27-24-17)11-19-22-15-7-3-4-8-16(15)23-19/h2-9,14H,10-12H2,1H3,(H,21,25)(H,22,23)/t14-/m0/s1. The van der Waals surface area contributed by atoms with E-state index in [0.29, 0.717) is 25.1 Å². The Morgan fingerprint density at radius 2 is 2.07 bits per heavy atom. The molecule has 0 saturated heterocycles. The van der Waals surface area contributed by atoms with E-state index in [1.165, 1.54) is 0 Å². The van der Waals surface area contributed by atoms with E-state index in [-0.39, 0.29) is 12.0 Å². The van der Waals surface area contributed by atoms with Crippen LogP contribution >= 0.6 is 0 Å². The number of ether oxygens (including phenoxy) is 1. The largest absolute Gasteiger partial charge is 0.496 e. The molecule has 27 heavy (non-hydrogen) atoms. The van der Waals surface area contributed by atoms with Crippen LogP contribution in [0.15, 0.2) is 53.7 Å². The lowest BCUT2D eigenvalue weighted by Gasteiger charge is -2.09. The van der Waals surface area contributed by atoms with Gasteiger partial charge in [-0.1, -0.05) is 35.5 Å². The molecular weight excluding hydrogens is 344 g/mol. The van der Waals surface area contributed by atoms with Gasteiger partial charge in [-0.25, -0.2) is 4.98 Å². The summed E-state index contributed by atoms with van der Waals surface area (Å²) in [6.07, 6.45) is 0.827. The van der Waals surface area contributed by atoms with Crippen molar-refractivity contribution in [1.29, 1.82) is 0 Å². The van der Waals surface area contributed by atoms with Crippen LogP contribution in [0.25, 0.3) is 11.0 Å². The van der Waals surface area contributed by atoms with Crippen LogP contribution in [0.3, 0.4) is 0 Å². The predicted octanol–water partition coefficient (Wildman–Crippen LogP) is 2.58. The number of para-hydroxylation sites is 3. The summed E-state index contributed by atoms with van der Waals surface area (Å²) in [6.45, 7) is 0.371. The number of rotatable bonds is 6. The Morgan fingerprint density at radius 3 is 2.93 bits per heavy atom. The number of hydrogen-bond donors (Lipinski definition) is 2. The van der Waals surface area contributed by atoms with E-state index in [9.17, 15) is 4.79 Å². The molecule has 4 rings (SSSR count). The first-order valence-corrected chi connectivity index (χ1v) is 8.79. The molecule has 0 saturated carbocycles. The lowest BCUT2D eigenvalue weighted by Crippen LogP contribution is -2.30. The average Bonchev–Trinajstić information content (AvgIpc) is 3.33. The highest BCUT2D eigenvalue weighted by Crippen LogP contribution is 2.19. The van der Waals surface area contributed by atoms with Crippen LogP contribution in [0.5, 0.6) is 5.75 Å². The molecule has 0 radical (unpaired) electrons. The fraction of sp³-hybridized carbons (Fsp3) is 0.250. The van der Waals surface area contributed by atoms with Gasteiger partial charge in [-0.05, 0) is 18.2 Å². The number of imidazole rings is 1. The summed E-state index contributed by atoms with van der Waals surface area (Å²) in [4.78, 5) is 25.6. The monoisotopic (exact) mass is 364 g/mol. The normalized spacial score (nSPS) is 16.0. The smallest absolute Gasteiger partial charge is 0.269 e. The van der Waals surface area contributed by atoms with Gasteiger partial charge < -0.3 is 19.9 Å². The number of fused-ring (bicyclic) bond motifs is 1. The first-order chi connectivity index (χ1) is 13.2. The molecule has 0 unspecified atom stereocenters. The van der Waals surface area contributed by atoms with Crippen molar-refractivity contribution in [2.75, 3.05) is 7.11 Å². The first kappa shape index (κ1) is 17.1. The highest BCUT2D eigenvalue weighted by molar-refractivity contribution is 6.39. The minimum atomic E-state index is -0.229. The van der Waals surface area contributed by atoms with Gasteiger partial charge in [-0.15, -0.1) is 0 Å². The summed E-state index contributed by atoms with van der Waals surface area (Å²) < 4.78 is 5.29. The Morgan fingerprint density at radius 1 is 1.26 bits per heavy atom. The maximum Gasteiger partial charge on any atom is 0.269 e. The highest BCUT2D eigenvalue weighted by atomic mass is 16.6. The summed E-state index contributed by atoms with van der Waals surface area (Å²) in [5.74, 6) is 1.34. The van der Waals surface area contributed by atoms with Gasteiger partial charge >= 0.3 is 0 Å². The Kier molecular flexibility index (Phi) is 4.74. The topological polar surface area (TPSA) is 88.6 Å². The minimum absolute atomic E-state index is 0.197. The van der Waals surface area contributed by atoms with Gasteiger partial charge in [0, 0.05) is 24.9 Å². The predicted molar refractivity (Wildman–Crippen MR) is 102 cm³/mol. The minimum Gasteiger partial charge on any atom is -0.496 e.